The smallest absolute Gasteiger partial charge is 0.269 e. The van der Waals surface area contributed by atoms with Gasteiger partial charge in [-0.05, 0) is 80.5 Å². The molecule has 418 valence electrons. The van der Waals surface area contributed by atoms with Crippen LogP contribution >= 0.6 is 0 Å². The van der Waals surface area contributed by atoms with Crippen LogP contribution in [0.15, 0.2) is 94.5 Å². The summed E-state index contributed by atoms with van der Waals surface area (Å²) < 4.78 is 20.0. The molecule has 22 heteroatoms. The number of aliphatic hydroxyl groups excluding tert-OH is 1. The van der Waals surface area contributed by atoms with E-state index in [9.17, 15) is 47.9 Å². The van der Waals surface area contributed by atoms with Crippen LogP contribution in [-0.4, -0.2) is 131 Å². The highest BCUT2D eigenvalue weighted by atomic mass is 19.1. The van der Waals surface area contributed by atoms with Crippen molar-refractivity contribution in [2.75, 3.05) is 39.8 Å². The molecule has 7 amide bonds. The summed E-state index contributed by atoms with van der Waals surface area (Å²) in [6, 6.07) is 10.8. The Morgan fingerprint density at radius 1 is 0.936 bits per heavy atom. The number of ether oxygens (including phenoxy) is 1. The Kier molecular flexibility index (Phi) is 24.0. The average molecular weight is 1080 g/mol. The number of allylic oxidation sites excluding steroid dienone is 2. The maximum atomic E-state index is 15.0. The zero-order valence-corrected chi connectivity index (χ0v) is 45.4. The number of hydrogen-bond donors (Lipinski definition) is 7. The fourth-order valence-electron chi connectivity index (χ4n) is 8.32. The van der Waals surface area contributed by atoms with Crippen molar-refractivity contribution in [2.45, 2.75) is 111 Å². The number of aryl methyl sites for hydroxylation is 1. The molecule has 21 nitrogen and oxygen atoms in total. The molecule has 1 aromatic heterocycles. The van der Waals surface area contributed by atoms with Gasteiger partial charge < -0.3 is 47.2 Å². The molecule has 1 aliphatic carbocycles. The van der Waals surface area contributed by atoms with Crippen LogP contribution in [0.1, 0.15) is 101 Å². The van der Waals surface area contributed by atoms with Crippen molar-refractivity contribution in [1.29, 1.82) is 0 Å². The van der Waals surface area contributed by atoms with Gasteiger partial charge in [-0.3, -0.25) is 48.2 Å². The maximum absolute atomic E-state index is 15.0. The summed E-state index contributed by atoms with van der Waals surface area (Å²) in [5.74, 6) is 1.22. The SMILES string of the molecule is C=C(O)OC/C(C=O)=C(C)/C=C1/c2nc3cc(F)c(C)cc3c(CN=C/C(=N\N)C3(NC(=O)CNC(=O)C(Cc4ccccc4)NC(=O)CNC(=O)CNC(=O)CCCCCN4C(=O)C=CC4=O)CC3)c2CN1C.CC.CC. The number of fused-ring (bicyclic) bond motifs is 2. The molecule has 2 aromatic carbocycles. The first-order chi connectivity index (χ1) is 37.4. The van der Waals surface area contributed by atoms with E-state index in [4.69, 9.17) is 20.6 Å². The average Bonchev–Trinajstić information content (AvgIpc) is 4.14. The number of imide groups is 1. The number of carbonyl (C=O) groups excluding carboxylic acids is 8. The summed E-state index contributed by atoms with van der Waals surface area (Å²) >= 11 is 0. The number of amides is 7. The summed E-state index contributed by atoms with van der Waals surface area (Å²) in [6.07, 6.45) is 8.99. The van der Waals surface area contributed by atoms with Crippen molar-refractivity contribution < 1.29 is 52.6 Å². The molecule has 1 unspecified atom stereocenters. The summed E-state index contributed by atoms with van der Waals surface area (Å²) in [6.45, 7) is 13.9. The summed E-state index contributed by atoms with van der Waals surface area (Å²) in [5.41, 5.74) is 4.46. The number of carbonyl (C=O) groups is 8. The molecule has 3 heterocycles. The molecule has 3 aliphatic rings. The molecule has 0 radical (unpaired) electrons. The Hall–Kier alpha value is -8.56. The van der Waals surface area contributed by atoms with E-state index in [-0.39, 0.29) is 55.6 Å². The lowest BCUT2D eigenvalue weighted by Crippen LogP contribution is -2.53. The van der Waals surface area contributed by atoms with E-state index in [1.165, 1.54) is 24.4 Å². The lowest BCUT2D eigenvalue weighted by Gasteiger charge is -2.20. The van der Waals surface area contributed by atoms with Crippen molar-refractivity contribution in [3.8, 4) is 0 Å². The van der Waals surface area contributed by atoms with Crippen LogP contribution < -0.4 is 32.4 Å². The Morgan fingerprint density at radius 2 is 1.59 bits per heavy atom. The van der Waals surface area contributed by atoms with Crippen LogP contribution in [0.4, 0.5) is 4.39 Å². The number of aliphatic imine (C=N–C) groups is 1. The third-order valence-electron chi connectivity index (χ3n) is 12.6. The molecule has 78 heavy (non-hydrogen) atoms. The molecule has 1 saturated carbocycles. The molecule has 3 aromatic rings. The van der Waals surface area contributed by atoms with Crippen LogP contribution in [-0.2, 0) is 62.6 Å². The van der Waals surface area contributed by atoms with Crippen LogP contribution in [0, 0.1) is 12.7 Å². The first-order valence-corrected chi connectivity index (χ1v) is 25.9. The van der Waals surface area contributed by atoms with Gasteiger partial charge in [0, 0.05) is 73.9 Å². The monoisotopic (exact) mass is 1080 g/mol. The summed E-state index contributed by atoms with van der Waals surface area (Å²) in [5, 5.41) is 27.1. The van der Waals surface area contributed by atoms with Crippen LogP contribution in [0.3, 0.4) is 0 Å². The van der Waals surface area contributed by atoms with Crippen molar-refractivity contribution in [1.82, 2.24) is 41.4 Å². The first-order valence-electron chi connectivity index (χ1n) is 25.9. The number of aliphatic hydroxyl groups is 1. The number of rotatable bonds is 26. The fourth-order valence-corrected chi connectivity index (χ4v) is 8.32. The molecule has 0 bridgehead atoms. The molecule has 2 aliphatic heterocycles. The lowest BCUT2D eigenvalue weighted by molar-refractivity contribution is -0.137. The van der Waals surface area contributed by atoms with Gasteiger partial charge in [-0.2, -0.15) is 5.10 Å². The number of halogens is 1. The predicted octanol–water partition coefficient (Wildman–Crippen LogP) is 4.18. The third kappa shape index (κ3) is 17.5. The van der Waals surface area contributed by atoms with Crippen molar-refractivity contribution >= 4 is 76.2 Å². The highest BCUT2D eigenvalue weighted by molar-refractivity contribution is 6.36. The number of aromatic nitrogens is 1. The molecule has 1 fully saturated rings. The maximum Gasteiger partial charge on any atom is 0.269 e. The number of hydrogen-bond acceptors (Lipinski definition) is 15. The number of aldehydes is 1. The molecule has 0 saturated heterocycles. The number of pyridine rings is 1. The van der Waals surface area contributed by atoms with E-state index in [0.717, 1.165) is 16.0 Å². The molecule has 1 atom stereocenters. The minimum absolute atomic E-state index is 0.0593. The van der Waals surface area contributed by atoms with E-state index in [2.05, 4.69) is 38.3 Å². The highest BCUT2D eigenvalue weighted by Gasteiger charge is 2.48. The van der Waals surface area contributed by atoms with Crippen molar-refractivity contribution in [3.63, 3.8) is 0 Å². The number of nitrogens with one attached hydrogen (secondary N) is 5. The Morgan fingerprint density at radius 3 is 2.23 bits per heavy atom. The second-order valence-corrected chi connectivity index (χ2v) is 18.1. The minimum atomic E-state index is -1.14. The minimum Gasteiger partial charge on any atom is -0.481 e. The van der Waals surface area contributed by atoms with Crippen LogP contribution in [0.25, 0.3) is 16.6 Å². The molecule has 6 rings (SSSR count). The second-order valence-electron chi connectivity index (χ2n) is 18.1. The topological polar surface area (TPSA) is 296 Å². The zero-order chi connectivity index (χ0) is 57.5. The Labute approximate surface area is 453 Å². The summed E-state index contributed by atoms with van der Waals surface area (Å²) in [4.78, 5) is 113. The number of nitrogens with two attached hydrogens (primary N) is 1. The third-order valence-corrected chi connectivity index (χ3v) is 12.6. The lowest BCUT2D eigenvalue weighted by atomic mass is 9.99. The van der Waals surface area contributed by atoms with Gasteiger partial charge in [-0.25, -0.2) is 9.37 Å². The molecular weight excluding hydrogens is 1010 g/mol. The van der Waals surface area contributed by atoms with Gasteiger partial charge in [-0.1, -0.05) is 64.4 Å². The molecular formula is C56H72FN11O10. The standard InChI is InChI=1S/C52H60FN11O10.2C2H6/c1-31(35(29-65)30-74-33(3)66)20-42-50-38(28-63(42)4)37(36-19-32(2)39(53)22-40(36)60-50)23-55-24-43(62-54)52(16-17-52)61-47(70)27-58-51(73)41(21-34-11-7-5-8-12-34)59-46(69)26-57-45(68)25-56-44(67)13-9-6-10-18-64-48(71)14-15-49(64)72;2*1-2/h5,7-8,11-12,14-15,19-20,22,24,29,41,66H,3,6,9-10,13,16-18,21,23,25-28,30,54H2,1-2,4H3,(H,56,67)(H,57,68)(H,58,73)(H,59,69)(H,61,70);2*1-2H3/b35-31+,42-20-,55-24?,62-43+;;. The highest BCUT2D eigenvalue weighted by Crippen LogP contribution is 2.39. The molecule has 8 N–H and O–H groups in total. The number of unbranched alkanes of at least 4 members (excludes halogenated alkanes) is 2. The van der Waals surface area contributed by atoms with Gasteiger partial charge in [0.15, 0.2) is 0 Å². The van der Waals surface area contributed by atoms with Crippen LogP contribution in [0.2, 0.25) is 0 Å². The van der Waals surface area contributed by atoms with E-state index in [0.29, 0.717) is 83.9 Å². The zero-order valence-electron chi connectivity index (χ0n) is 45.4. The predicted molar refractivity (Wildman–Crippen MR) is 294 cm³/mol. The number of hydrazone groups is 1. The van der Waals surface area contributed by atoms with Gasteiger partial charge >= 0.3 is 0 Å². The second kappa shape index (κ2) is 30.3. The van der Waals surface area contributed by atoms with Gasteiger partial charge in [0.2, 0.25) is 29.5 Å². The quantitative estimate of drug-likeness (QED) is 0.00869. The van der Waals surface area contributed by atoms with Gasteiger partial charge in [0.1, 0.15) is 30.5 Å². The first kappa shape index (κ1) is 62.0. The number of benzene rings is 2. The van der Waals surface area contributed by atoms with E-state index in [1.54, 1.807) is 56.3 Å². The van der Waals surface area contributed by atoms with E-state index in [1.807, 2.05) is 39.6 Å². The van der Waals surface area contributed by atoms with Crippen molar-refractivity contribution in [2.24, 2.45) is 15.9 Å². The van der Waals surface area contributed by atoms with Crippen LogP contribution in [0.5, 0.6) is 0 Å². The van der Waals surface area contributed by atoms with Crippen molar-refractivity contribution in [3.05, 3.63) is 118 Å². The van der Waals surface area contributed by atoms with Gasteiger partial charge in [0.25, 0.3) is 17.8 Å². The van der Waals surface area contributed by atoms with Gasteiger partial charge in [-0.15, -0.1) is 0 Å². The number of nitrogens with zero attached hydrogens (tertiary/aromatic N) is 5. The van der Waals surface area contributed by atoms with E-state index < -0.39 is 72.5 Å². The van der Waals surface area contributed by atoms with Gasteiger partial charge in [0.05, 0.1) is 48.6 Å². The summed E-state index contributed by atoms with van der Waals surface area (Å²) in [7, 11) is 1.85. The normalized spacial score (nSPS) is 15.3. The fraction of sp³-hybridized carbons (Fsp3) is 0.411. The largest absolute Gasteiger partial charge is 0.481 e. The van der Waals surface area contributed by atoms with E-state index >= 15 is 0 Å². The molecule has 0 spiro atoms. The Balaban J connectivity index is 0.00000320. The Bertz CT molecular complexity index is 2860.